The molecule has 0 spiro atoms. The van der Waals surface area contributed by atoms with Gasteiger partial charge >= 0.3 is 0 Å². The lowest BCUT2D eigenvalue weighted by Crippen LogP contribution is -1.99. The predicted octanol–water partition coefficient (Wildman–Crippen LogP) is 2.39. The van der Waals surface area contributed by atoms with Gasteiger partial charge in [-0.05, 0) is 51.0 Å². The van der Waals surface area contributed by atoms with Gasteiger partial charge in [-0.1, -0.05) is 17.7 Å². The molecule has 2 aromatic rings. The predicted molar refractivity (Wildman–Crippen MR) is 56.6 cm³/mol. The molecule has 0 N–H and O–H groups in total. The Hall–Kier alpha value is -0.940. The number of benzene rings is 1. The van der Waals surface area contributed by atoms with Crippen LogP contribution in [0, 0.1) is 6.92 Å². The van der Waals surface area contributed by atoms with Crippen molar-refractivity contribution >= 4 is 27.5 Å². The SMILES string of the molecule is Cc1ccc(Cl)cc1-n1nnnc1Br. The lowest BCUT2D eigenvalue weighted by Gasteiger charge is -2.04. The van der Waals surface area contributed by atoms with Crippen molar-refractivity contribution in [3.8, 4) is 5.69 Å². The van der Waals surface area contributed by atoms with E-state index in [-0.39, 0.29) is 0 Å². The van der Waals surface area contributed by atoms with Gasteiger partial charge in [0, 0.05) is 5.02 Å². The normalized spacial score (nSPS) is 10.5. The zero-order chi connectivity index (χ0) is 10.1. The van der Waals surface area contributed by atoms with E-state index in [9.17, 15) is 0 Å². The largest absolute Gasteiger partial charge is 0.222 e. The van der Waals surface area contributed by atoms with Gasteiger partial charge in [-0.3, -0.25) is 0 Å². The molecule has 1 aromatic heterocycles. The molecule has 6 heteroatoms. The number of hydrogen-bond donors (Lipinski definition) is 0. The Bertz CT molecular complexity index is 468. The van der Waals surface area contributed by atoms with Crippen LogP contribution in [0.15, 0.2) is 22.9 Å². The molecule has 0 amide bonds. The number of tetrazole rings is 1. The van der Waals surface area contributed by atoms with Gasteiger partial charge in [-0.15, -0.1) is 5.10 Å². The maximum absolute atomic E-state index is 5.89. The van der Waals surface area contributed by atoms with Gasteiger partial charge in [-0.2, -0.15) is 4.68 Å². The summed E-state index contributed by atoms with van der Waals surface area (Å²) in [6, 6.07) is 5.57. The lowest BCUT2D eigenvalue weighted by atomic mass is 10.2. The topological polar surface area (TPSA) is 43.6 Å². The van der Waals surface area contributed by atoms with E-state index in [2.05, 4.69) is 31.5 Å². The van der Waals surface area contributed by atoms with Crippen molar-refractivity contribution in [3.05, 3.63) is 33.5 Å². The Balaban J connectivity index is 2.62. The molecule has 0 aliphatic heterocycles. The highest BCUT2D eigenvalue weighted by Gasteiger charge is 2.07. The van der Waals surface area contributed by atoms with Crippen molar-refractivity contribution in [1.29, 1.82) is 0 Å². The van der Waals surface area contributed by atoms with Crippen molar-refractivity contribution < 1.29 is 0 Å². The van der Waals surface area contributed by atoms with Crippen LogP contribution in [0.1, 0.15) is 5.56 Å². The Morgan fingerprint density at radius 2 is 2.21 bits per heavy atom. The Morgan fingerprint density at radius 3 is 2.86 bits per heavy atom. The standard InChI is InChI=1S/C8H6BrClN4/c1-5-2-3-6(10)4-7(5)14-8(9)11-12-13-14/h2-4H,1H3. The van der Waals surface area contributed by atoms with Gasteiger partial charge in [0.1, 0.15) is 0 Å². The molecule has 1 aromatic carbocycles. The third kappa shape index (κ3) is 1.65. The monoisotopic (exact) mass is 272 g/mol. The van der Waals surface area contributed by atoms with Crippen LogP contribution in [0.4, 0.5) is 0 Å². The molecule has 0 aliphatic rings. The molecular weight excluding hydrogens is 267 g/mol. The van der Waals surface area contributed by atoms with Crippen LogP contribution < -0.4 is 0 Å². The summed E-state index contributed by atoms with van der Waals surface area (Å²) in [5.74, 6) is 0. The molecule has 0 radical (unpaired) electrons. The fourth-order valence-corrected chi connectivity index (χ4v) is 1.63. The van der Waals surface area contributed by atoms with E-state index in [4.69, 9.17) is 11.6 Å². The van der Waals surface area contributed by atoms with E-state index >= 15 is 0 Å². The van der Waals surface area contributed by atoms with Crippen LogP contribution in [-0.2, 0) is 0 Å². The zero-order valence-electron chi connectivity index (χ0n) is 7.28. The Kier molecular flexibility index (Phi) is 2.52. The molecule has 4 nitrogen and oxygen atoms in total. The third-order valence-electron chi connectivity index (χ3n) is 1.83. The maximum Gasteiger partial charge on any atom is 0.222 e. The smallest absolute Gasteiger partial charge is 0.187 e. The minimum Gasteiger partial charge on any atom is -0.187 e. The van der Waals surface area contributed by atoms with E-state index in [1.165, 1.54) is 0 Å². The van der Waals surface area contributed by atoms with Crippen LogP contribution in [0.5, 0.6) is 0 Å². The minimum atomic E-state index is 0.558. The second-order valence-corrected chi connectivity index (χ2v) is 3.94. The summed E-state index contributed by atoms with van der Waals surface area (Å²) in [6.07, 6.45) is 0. The number of nitrogens with zero attached hydrogens (tertiary/aromatic N) is 4. The molecular formula is C8H6BrClN4. The summed E-state index contributed by atoms with van der Waals surface area (Å²) in [6.45, 7) is 1.97. The van der Waals surface area contributed by atoms with Gasteiger partial charge in [0.25, 0.3) is 0 Å². The van der Waals surface area contributed by atoms with E-state index in [1.54, 1.807) is 4.68 Å². The number of aryl methyl sites for hydroxylation is 1. The maximum atomic E-state index is 5.89. The first kappa shape index (κ1) is 9.61. The second kappa shape index (κ2) is 3.67. The van der Waals surface area contributed by atoms with Crippen LogP contribution in [0.25, 0.3) is 5.69 Å². The summed E-state index contributed by atoms with van der Waals surface area (Å²) in [4.78, 5) is 0. The summed E-state index contributed by atoms with van der Waals surface area (Å²) < 4.78 is 2.14. The van der Waals surface area contributed by atoms with E-state index in [1.807, 2.05) is 25.1 Å². The van der Waals surface area contributed by atoms with Crippen molar-refractivity contribution in [2.45, 2.75) is 6.92 Å². The van der Waals surface area contributed by atoms with E-state index < -0.39 is 0 Å². The van der Waals surface area contributed by atoms with Crippen LogP contribution in [0.2, 0.25) is 5.02 Å². The molecule has 0 unspecified atom stereocenters. The quantitative estimate of drug-likeness (QED) is 0.801. The highest BCUT2D eigenvalue weighted by atomic mass is 79.9. The van der Waals surface area contributed by atoms with Crippen LogP contribution in [0.3, 0.4) is 0 Å². The minimum absolute atomic E-state index is 0.558. The third-order valence-corrected chi connectivity index (χ3v) is 2.56. The second-order valence-electron chi connectivity index (χ2n) is 2.79. The first-order valence-electron chi connectivity index (χ1n) is 3.89. The molecule has 0 fully saturated rings. The van der Waals surface area contributed by atoms with Crippen molar-refractivity contribution in [3.63, 3.8) is 0 Å². The first-order valence-corrected chi connectivity index (χ1v) is 5.06. The van der Waals surface area contributed by atoms with Crippen molar-refractivity contribution in [2.75, 3.05) is 0 Å². The summed E-state index contributed by atoms with van der Waals surface area (Å²) in [5, 5.41) is 11.8. The lowest BCUT2D eigenvalue weighted by molar-refractivity contribution is 0.779. The van der Waals surface area contributed by atoms with Gasteiger partial charge < -0.3 is 0 Å². The van der Waals surface area contributed by atoms with Crippen molar-refractivity contribution in [1.82, 2.24) is 20.2 Å². The molecule has 14 heavy (non-hydrogen) atoms. The Morgan fingerprint density at radius 1 is 1.43 bits per heavy atom. The Labute approximate surface area is 94.0 Å². The van der Waals surface area contributed by atoms with Crippen molar-refractivity contribution in [2.24, 2.45) is 0 Å². The number of hydrogen-bond acceptors (Lipinski definition) is 3. The zero-order valence-corrected chi connectivity index (χ0v) is 9.62. The van der Waals surface area contributed by atoms with Gasteiger partial charge in [0.2, 0.25) is 4.73 Å². The molecule has 0 saturated heterocycles. The average Bonchev–Trinajstić information content (AvgIpc) is 2.56. The number of halogens is 2. The molecule has 0 saturated carbocycles. The van der Waals surface area contributed by atoms with E-state index in [0.717, 1.165) is 11.3 Å². The summed E-state index contributed by atoms with van der Waals surface area (Å²) in [7, 11) is 0. The van der Waals surface area contributed by atoms with Gasteiger partial charge in [-0.25, -0.2) is 0 Å². The number of rotatable bonds is 1. The summed E-state index contributed by atoms with van der Waals surface area (Å²) in [5.41, 5.74) is 1.93. The highest BCUT2D eigenvalue weighted by Crippen LogP contribution is 2.20. The molecule has 0 bridgehead atoms. The molecule has 0 aliphatic carbocycles. The summed E-state index contributed by atoms with van der Waals surface area (Å²) >= 11 is 9.13. The first-order chi connectivity index (χ1) is 6.68. The van der Waals surface area contributed by atoms with Gasteiger partial charge in [0.15, 0.2) is 0 Å². The van der Waals surface area contributed by atoms with Crippen LogP contribution in [-0.4, -0.2) is 20.2 Å². The molecule has 1 heterocycles. The number of aromatic nitrogens is 4. The van der Waals surface area contributed by atoms with Gasteiger partial charge in [0.05, 0.1) is 5.69 Å². The molecule has 72 valence electrons. The fourth-order valence-electron chi connectivity index (χ4n) is 1.13. The highest BCUT2D eigenvalue weighted by molar-refractivity contribution is 9.10. The average molecular weight is 274 g/mol. The molecule has 2 rings (SSSR count). The van der Waals surface area contributed by atoms with Crippen LogP contribution >= 0.6 is 27.5 Å². The fraction of sp³-hybridized carbons (Fsp3) is 0.125. The molecule has 0 atom stereocenters. The van der Waals surface area contributed by atoms with E-state index in [0.29, 0.717) is 9.76 Å².